The summed E-state index contributed by atoms with van der Waals surface area (Å²) >= 11 is 1.87. The third kappa shape index (κ3) is 3.18. The molecular formula is C34H21NOS. The molecule has 0 aliphatic carbocycles. The van der Waals surface area contributed by atoms with Gasteiger partial charge in [0.2, 0.25) is 0 Å². The van der Waals surface area contributed by atoms with Gasteiger partial charge in [0.15, 0.2) is 0 Å². The second kappa shape index (κ2) is 7.95. The summed E-state index contributed by atoms with van der Waals surface area (Å²) in [6, 6.07) is 45.3. The van der Waals surface area contributed by atoms with Crippen molar-refractivity contribution >= 4 is 81.3 Å². The van der Waals surface area contributed by atoms with Crippen LogP contribution in [0.3, 0.4) is 0 Å². The summed E-state index contributed by atoms with van der Waals surface area (Å²) in [5, 5.41) is 7.51. The van der Waals surface area contributed by atoms with Crippen LogP contribution in [-0.4, -0.2) is 0 Å². The zero-order chi connectivity index (χ0) is 24.3. The summed E-state index contributed by atoms with van der Waals surface area (Å²) < 4.78 is 8.88. The van der Waals surface area contributed by atoms with E-state index in [9.17, 15) is 0 Å². The first kappa shape index (κ1) is 20.6. The number of anilines is 3. The average Bonchev–Trinajstić information content (AvgIpc) is 3.51. The van der Waals surface area contributed by atoms with Crippen molar-refractivity contribution in [2.75, 3.05) is 4.90 Å². The second-order valence-electron chi connectivity index (χ2n) is 9.40. The number of thiophene rings is 1. The van der Waals surface area contributed by atoms with Crippen LogP contribution in [0.1, 0.15) is 0 Å². The van der Waals surface area contributed by atoms with Gasteiger partial charge in [0.1, 0.15) is 11.2 Å². The molecule has 0 saturated carbocycles. The van der Waals surface area contributed by atoms with Gasteiger partial charge in [-0.25, -0.2) is 0 Å². The van der Waals surface area contributed by atoms with Crippen LogP contribution in [0.5, 0.6) is 0 Å². The van der Waals surface area contributed by atoms with Crippen molar-refractivity contribution in [3.63, 3.8) is 0 Å². The van der Waals surface area contributed by atoms with E-state index in [-0.39, 0.29) is 0 Å². The number of para-hydroxylation sites is 2. The highest BCUT2D eigenvalue weighted by Gasteiger charge is 2.17. The predicted molar refractivity (Wildman–Crippen MR) is 159 cm³/mol. The topological polar surface area (TPSA) is 16.4 Å². The van der Waals surface area contributed by atoms with E-state index in [2.05, 4.69) is 120 Å². The van der Waals surface area contributed by atoms with Crippen molar-refractivity contribution in [3.8, 4) is 0 Å². The van der Waals surface area contributed by atoms with Crippen molar-refractivity contribution in [2.24, 2.45) is 0 Å². The van der Waals surface area contributed by atoms with Gasteiger partial charge in [-0.05, 0) is 53.2 Å². The van der Waals surface area contributed by atoms with Gasteiger partial charge in [-0.1, -0.05) is 78.9 Å². The molecule has 37 heavy (non-hydrogen) atoms. The Bertz CT molecular complexity index is 2100. The molecule has 174 valence electrons. The molecule has 0 saturated heterocycles. The first-order valence-electron chi connectivity index (χ1n) is 12.4. The molecule has 8 aromatic rings. The minimum Gasteiger partial charge on any atom is -0.456 e. The van der Waals surface area contributed by atoms with Gasteiger partial charge in [-0.15, -0.1) is 11.3 Å². The van der Waals surface area contributed by atoms with Crippen molar-refractivity contribution in [3.05, 3.63) is 127 Å². The molecule has 0 N–H and O–H groups in total. The van der Waals surface area contributed by atoms with E-state index < -0.39 is 0 Å². The highest BCUT2D eigenvalue weighted by atomic mass is 32.1. The maximum Gasteiger partial charge on any atom is 0.137 e. The van der Waals surface area contributed by atoms with Crippen LogP contribution in [-0.2, 0) is 0 Å². The molecule has 0 aliphatic rings. The molecule has 3 heteroatoms. The SMILES string of the molecule is c1ccc(N(c2ccc3c(c2)oc2ccccc23)c2ccc3c(c2)sc2c4ccccc4ccc32)cc1. The lowest BCUT2D eigenvalue weighted by molar-refractivity contribution is 0.669. The molecule has 2 nitrogen and oxygen atoms in total. The van der Waals surface area contributed by atoms with Crippen molar-refractivity contribution in [1.29, 1.82) is 0 Å². The van der Waals surface area contributed by atoms with Crippen molar-refractivity contribution < 1.29 is 4.42 Å². The van der Waals surface area contributed by atoms with Crippen LogP contribution in [0, 0.1) is 0 Å². The largest absolute Gasteiger partial charge is 0.456 e. The number of nitrogens with zero attached hydrogens (tertiary/aromatic N) is 1. The molecule has 0 radical (unpaired) electrons. The normalized spacial score (nSPS) is 11.8. The van der Waals surface area contributed by atoms with E-state index in [0.717, 1.165) is 39.0 Å². The van der Waals surface area contributed by atoms with E-state index in [1.807, 2.05) is 23.5 Å². The number of rotatable bonds is 3. The highest BCUT2D eigenvalue weighted by Crippen LogP contribution is 2.43. The van der Waals surface area contributed by atoms with Crippen molar-refractivity contribution in [2.45, 2.75) is 0 Å². The Morgan fingerprint density at radius 2 is 1.14 bits per heavy atom. The van der Waals surface area contributed by atoms with E-state index in [1.54, 1.807) is 0 Å². The Morgan fingerprint density at radius 1 is 0.459 bits per heavy atom. The summed E-state index contributed by atoms with van der Waals surface area (Å²) in [4.78, 5) is 2.31. The number of hydrogen-bond acceptors (Lipinski definition) is 3. The molecule has 0 amide bonds. The summed E-state index contributed by atoms with van der Waals surface area (Å²) in [7, 11) is 0. The summed E-state index contributed by atoms with van der Waals surface area (Å²) in [5.41, 5.74) is 5.13. The van der Waals surface area contributed by atoms with Crippen LogP contribution in [0.25, 0.3) is 52.9 Å². The summed E-state index contributed by atoms with van der Waals surface area (Å²) in [6.45, 7) is 0. The predicted octanol–water partition coefficient (Wildman–Crippen LogP) is 10.6. The maximum atomic E-state index is 6.24. The Balaban J connectivity index is 1.35. The molecule has 8 rings (SSSR count). The number of hydrogen-bond donors (Lipinski definition) is 0. The molecule has 2 heterocycles. The molecule has 0 fully saturated rings. The van der Waals surface area contributed by atoms with Gasteiger partial charge < -0.3 is 9.32 Å². The fourth-order valence-electron chi connectivity index (χ4n) is 5.51. The Labute approximate surface area is 217 Å². The lowest BCUT2D eigenvalue weighted by Crippen LogP contribution is -2.09. The summed E-state index contributed by atoms with van der Waals surface area (Å²) in [6.07, 6.45) is 0. The Hall–Kier alpha value is -4.60. The van der Waals surface area contributed by atoms with E-state index in [1.165, 1.54) is 30.9 Å². The Morgan fingerprint density at radius 3 is 2.03 bits per heavy atom. The van der Waals surface area contributed by atoms with E-state index in [4.69, 9.17) is 4.42 Å². The van der Waals surface area contributed by atoms with Crippen LogP contribution < -0.4 is 4.90 Å². The van der Waals surface area contributed by atoms with Gasteiger partial charge >= 0.3 is 0 Å². The minimum atomic E-state index is 0.897. The quantitative estimate of drug-likeness (QED) is 0.244. The Kier molecular flexibility index (Phi) is 4.42. The second-order valence-corrected chi connectivity index (χ2v) is 10.4. The molecule has 0 atom stereocenters. The molecular weight excluding hydrogens is 470 g/mol. The molecule has 0 aliphatic heterocycles. The zero-order valence-electron chi connectivity index (χ0n) is 19.9. The third-order valence-corrected chi connectivity index (χ3v) is 8.44. The maximum absolute atomic E-state index is 6.24. The smallest absolute Gasteiger partial charge is 0.137 e. The average molecular weight is 492 g/mol. The molecule has 0 spiro atoms. The fraction of sp³-hybridized carbons (Fsp3) is 0. The lowest BCUT2D eigenvalue weighted by atomic mass is 10.1. The number of fused-ring (bicyclic) bond motifs is 8. The summed E-state index contributed by atoms with van der Waals surface area (Å²) in [5.74, 6) is 0. The molecule has 0 unspecified atom stereocenters. The van der Waals surface area contributed by atoms with Crippen LogP contribution in [0.15, 0.2) is 132 Å². The fourth-order valence-corrected chi connectivity index (χ4v) is 6.78. The first-order chi connectivity index (χ1) is 18.3. The van der Waals surface area contributed by atoms with Crippen molar-refractivity contribution in [1.82, 2.24) is 0 Å². The lowest BCUT2D eigenvalue weighted by Gasteiger charge is -2.25. The van der Waals surface area contributed by atoms with Gasteiger partial charge in [-0.3, -0.25) is 0 Å². The van der Waals surface area contributed by atoms with Crippen LogP contribution in [0.4, 0.5) is 17.1 Å². The van der Waals surface area contributed by atoms with E-state index in [0.29, 0.717) is 0 Å². The molecule has 0 bridgehead atoms. The van der Waals surface area contributed by atoms with E-state index >= 15 is 0 Å². The minimum absolute atomic E-state index is 0.897. The van der Waals surface area contributed by atoms with Gasteiger partial charge in [-0.2, -0.15) is 0 Å². The van der Waals surface area contributed by atoms with Crippen LogP contribution >= 0.6 is 11.3 Å². The highest BCUT2D eigenvalue weighted by molar-refractivity contribution is 7.26. The van der Waals surface area contributed by atoms with Crippen LogP contribution in [0.2, 0.25) is 0 Å². The first-order valence-corrected chi connectivity index (χ1v) is 13.3. The number of furan rings is 1. The van der Waals surface area contributed by atoms with Gasteiger partial charge in [0, 0.05) is 54.1 Å². The van der Waals surface area contributed by atoms with Gasteiger partial charge in [0.05, 0.1) is 0 Å². The molecule has 2 aromatic heterocycles. The molecule has 6 aromatic carbocycles. The standard InChI is InChI=1S/C34H21NOS/c1-2-9-23(10-3-1)35(24-15-18-28-27-12-6-7-13-31(27)36-32(28)20-24)25-16-19-29-30-17-14-22-8-4-5-11-26(22)34(30)37-33(29)21-25/h1-21H. The monoisotopic (exact) mass is 491 g/mol. The third-order valence-electron chi connectivity index (χ3n) is 7.24. The zero-order valence-corrected chi connectivity index (χ0v) is 20.7. The number of benzene rings is 6. The van der Waals surface area contributed by atoms with Gasteiger partial charge in [0.25, 0.3) is 0 Å².